The number of hydrogen-bond acceptors (Lipinski definition) is 3. The highest BCUT2D eigenvalue weighted by molar-refractivity contribution is 7.89. The van der Waals surface area contributed by atoms with E-state index in [1.54, 1.807) is 0 Å². The molecule has 2 rings (SSSR count). The molecular weight excluding hydrogens is 374 g/mol. The number of carbonyl (C=O) groups is 1. The Morgan fingerprint density at radius 2 is 1.43 bits per heavy atom. The van der Waals surface area contributed by atoms with Gasteiger partial charge < -0.3 is 5.11 Å². The maximum atomic E-state index is 12.1. The molecule has 0 aliphatic heterocycles. The summed E-state index contributed by atoms with van der Waals surface area (Å²) in [5, 5.41) is 8.57. The molecule has 28 heavy (non-hydrogen) atoms. The Kier molecular flexibility index (Phi) is 9.17. The highest BCUT2D eigenvalue weighted by atomic mass is 32.2. The SMILES string of the molecule is O=C(O)CCCCCCNS(=O)(=O)CCc1ccc(Cc2ccccc2)cc1. The van der Waals surface area contributed by atoms with E-state index in [4.69, 9.17) is 5.11 Å². The number of carboxylic acid groups (broad SMARTS) is 1. The average molecular weight is 404 g/mol. The summed E-state index contributed by atoms with van der Waals surface area (Å²) >= 11 is 0. The fourth-order valence-corrected chi connectivity index (χ4v) is 4.07. The van der Waals surface area contributed by atoms with E-state index in [1.165, 1.54) is 11.1 Å². The molecule has 0 amide bonds. The number of carboxylic acids is 1. The van der Waals surface area contributed by atoms with Crippen LogP contribution in [0.15, 0.2) is 54.6 Å². The molecule has 0 fully saturated rings. The largest absolute Gasteiger partial charge is 0.481 e. The highest BCUT2D eigenvalue weighted by Gasteiger charge is 2.10. The van der Waals surface area contributed by atoms with Crippen LogP contribution >= 0.6 is 0 Å². The van der Waals surface area contributed by atoms with Crippen molar-refractivity contribution in [2.45, 2.75) is 44.9 Å². The second-order valence-corrected chi connectivity index (χ2v) is 8.93. The van der Waals surface area contributed by atoms with Gasteiger partial charge in [-0.3, -0.25) is 4.79 Å². The van der Waals surface area contributed by atoms with Crippen LogP contribution in [0.3, 0.4) is 0 Å². The van der Waals surface area contributed by atoms with E-state index in [-0.39, 0.29) is 12.2 Å². The molecule has 0 radical (unpaired) electrons. The fraction of sp³-hybridized carbons (Fsp3) is 0.409. The molecule has 0 heterocycles. The van der Waals surface area contributed by atoms with Crippen molar-refractivity contribution in [3.8, 4) is 0 Å². The molecule has 0 spiro atoms. The van der Waals surface area contributed by atoms with Crippen molar-refractivity contribution < 1.29 is 18.3 Å². The standard InChI is InChI=1S/C22H29NO4S/c24-22(25)10-6-1-2-7-16-23-28(26,27)17-15-19-11-13-21(14-12-19)18-20-8-4-3-5-9-20/h3-5,8-9,11-14,23H,1-2,6-7,10,15-18H2,(H,24,25). The Morgan fingerprint density at radius 3 is 2.11 bits per heavy atom. The fourth-order valence-electron chi connectivity index (χ4n) is 2.96. The van der Waals surface area contributed by atoms with Gasteiger partial charge in [-0.1, -0.05) is 67.4 Å². The molecule has 2 N–H and O–H groups in total. The smallest absolute Gasteiger partial charge is 0.303 e. The zero-order valence-electron chi connectivity index (χ0n) is 16.1. The lowest BCUT2D eigenvalue weighted by atomic mass is 10.0. The molecule has 0 aliphatic carbocycles. The minimum atomic E-state index is -3.29. The molecule has 0 aromatic heterocycles. The number of hydrogen-bond donors (Lipinski definition) is 2. The summed E-state index contributed by atoms with van der Waals surface area (Å²) in [6.07, 6.45) is 4.54. The minimum absolute atomic E-state index is 0.0735. The summed E-state index contributed by atoms with van der Waals surface area (Å²) in [6, 6.07) is 18.3. The van der Waals surface area contributed by atoms with Crippen LogP contribution in [0.25, 0.3) is 0 Å². The first-order valence-electron chi connectivity index (χ1n) is 9.75. The summed E-state index contributed by atoms with van der Waals surface area (Å²) in [5.74, 6) is -0.710. The van der Waals surface area contributed by atoms with Gasteiger partial charge in [0.1, 0.15) is 0 Å². The second-order valence-electron chi connectivity index (χ2n) is 7.00. The number of benzene rings is 2. The molecule has 2 aromatic rings. The van der Waals surface area contributed by atoms with E-state index in [0.29, 0.717) is 19.4 Å². The number of sulfonamides is 1. The number of aryl methyl sites for hydroxylation is 1. The van der Waals surface area contributed by atoms with Crippen LogP contribution in [0.5, 0.6) is 0 Å². The Morgan fingerprint density at radius 1 is 0.821 bits per heavy atom. The van der Waals surface area contributed by atoms with E-state index in [2.05, 4.69) is 29.0 Å². The van der Waals surface area contributed by atoms with Crippen LogP contribution < -0.4 is 4.72 Å². The third kappa shape index (κ3) is 9.15. The van der Waals surface area contributed by atoms with Crippen LogP contribution in [-0.4, -0.2) is 31.8 Å². The van der Waals surface area contributed by atoms with Crippen LogP contribution in [-0.2, 0) is 27.7 Å². The first kappa shape index (κ1) is 22.1. The molecule has 0 aliphatic rings. The van der Waals surface area contributed by atoms with Crippen LogP contribution in [0.4, 0.5) is 0 Å². The Bertz CT molecular complexity index is 817. The molecule has 0 bridgehead atoms. The predicted molar refractivity (Wildman–Crippen MR) is 112 cm³/mol. The summed E-state index contributed by atoms with van der Waals surface area (Å²) in [7, 11) is -3.29. The molecule has 0 saturated heterocycles. The average Bonchev–Trinajstić information content (AvgIpc) is 2.67. The first-order valence-corrected chi connectivity index (χ1v) is 11.4. The van der Waals surface area contributed by atoms with Crippen molar-refractivity contribution in [1.29, 1.82) is 0 Å². The van der Waals surface area contributed by atoms with Crippen molar-refractivity contribution in [2.75, 3.05) is 12.3 Å². The van der Waals surface area contributed by atoms with Gasteiger partial charge in [-0.05, 0) is 42.4 Å². The summed E-state index contributed by atoms with van der Waals surface area (Å²) in [5.41, 5.74) is 3.47. The van der Waals surface area contributed by atoms with E-state index < -0.39 is 16.0 Å². The predicted octanol–water partition coefficient (Wildman–Crippen LogP) is 3.77. The van der Waals surface area contributed by atoms with Gasteiger partial charge in [0, 0.05) is 13.0 Å². The van der Waals surface area contributed by atoms with Gasteiger partial charge >= 0.3 is 5.97 Å². The van der Waals surface area contributed by atoms with Crippen molar-refractivity contribution in [3.05, 3.63) is 71.3 Å². The number of aliphatic carboxylic acids is 1. The third-order valence-corrected chi connectivity index (χ3v) is 5.96. The lowest BCUT2D eigenvalue weighted by molar-refractivity contribution is -0.137. The number of unbranched alkanes of at least 4 members (excludes halogenated alkanes) is 3. The van der Waals surface area contributed by atoms with Gasteiger partial charge in [-0.2, -0.15) is 0 Å². The Balaban J connectivity index is 1.67. The van der Waals surface area contributed by atoms with Crippen LogP contribution in [0.1, 0.15) is 48.8 Å². The molecular formula is C22H29NO4S. The van der Waals surface area contributed by atoms with Gasteiger partial charge in [0.2, 0.25) is 10.0 Å². The van der Waals surface area contributed by atoms with Crippen molar-refractivity contribution in [2.24, 2.45) is 0 Å². The van der Waals surface area contributed by atoms with Gasteiger partial charge in [0.15, 0.2) is 0 Å². The molecule has 152 valence electrons. The van der Waals surface area contributed by atoms with E-state index in [0.717, 1.165) is 31.2 Å². The second kappa shape index (κ2) is 11.6. The van der Waals surface area contributed by atoms with Gasteiger partial charge in [-0.15, -0.1) is 0 Å². The molecule has 0 atom stereocenters. The quantitative estimate of drug-likeness (QED) is 0.499. The van der Waals surface area contributed by atoms with Crippen molar-refractivity contribution >= 4 is 16.0 Å². The maximum absolute atomic E-state index is 12.1. The minimum Gasteiger partial charge on any atom is -0.481 e. The van der Waals surface area contributed by atoms with Gasteiger partial charge in [0.25, 0.3) is 0 Å². The van der Waals surface area contributed by atoms with Crippen LogP contribution in [0, 0.1) is 0 Å². The molecule has 6 heteroatoms. The van der Waals surface area contributed by atoms with E-state index in [1.807, 2.05) is 30.3 Å². The third-order valence-electron chi connectivity index (χ3n) is 4.57. The normalized spacial score (nSPS) is 11.4. The van der Waals surface area contributed by atoms with Gasteiger partial charge in [0.05, 0.1) is 5.75 Å². The monoisotopic (exact) mass is 403 g/mol. The molecule has 0 saturated carbocycles. The summed E-state index contributed by atoms with van der Waals surface area (Å²) in [6.45, 7) is 0.408. The van der Waals surface area contributed by atoms with Crippen LogP contribution in [0.2, 0.25) is 0 Å². The van der Waals surface area contributed by atoms with Crippen molar-refractivity contribution in [3.63, 3.8) is 0 Å². The van der Waals surface area contributed by atoms with E-state index >= 15 is 0 Å². The Labute approximate surface area is 167 Å². The van der Waals surface area contributed by atoms with Crippen molar-refractivity contribution in [1.82, 2.24) is 4.72 Å². The summed E-state index contributed by atoms with van der Waals surface area (Å²) < 4.78 is 26.8. The topological polar surface area (TPSA) is 83.5 Å². The lowest BCUT2D eigenvalue weighted by Gasteiger charge is -2.08. The lowest BCUT2D eigenvalue weighted by Crippen LogP contribution is -2.28. The number of rotatable bonds is 13. The Hall–Kier alpha value is -2.18. The highest BCUT2D eigenvalue weighted by Crippen LogP contribution is 2.11. The van der Waals surface area contributed by atoms with E-state index in [9.17, 15) is 13.2 Å². The maximum Gasteiger partial charge on any atom is 0.303 e. The first-order chi connectivity index (χ1) is 13.4. The molecule has 0 unspecified atom stereocenters. The molecule has 2 aromatic carbocycles. The number of nitrogens with one attached hydrogen (secondary N) is 1. The zero-order chi connectivity index (χ0) is 20.2. The zero-order valence-corrected chi connectivity index (χ0v) is 17.0. The molecule has 5 nitrogen and oxygen atoms in total. The summed E-state index contributed by atoms with van der Waals surface area (Å²) in [4.78, 5) is 10.4. The van der Waals surface area contributed by atoms with Gasteiger partial charge in [-0.25, -0.2) is 13.1 Å².